The van der Waals surface area contributed by atoms with Crippen molar-refractivity contribution >= 4 is 0 Å². The summed E-state index contributed by atoms with van der Waals surface area (Å²) in [6.45, 7) is 0.504. The third kappa shape index (κ3) is 4.30. The molecule has 0 aromatic heterocycles. The molecule has 0 aliphatic heterocycles. The minimum atomic E-state index is -1.01. The molecule has 0 saturated carbocycles. The van der Waals surface area contributed by atoms with Crippen LogP contribution in [0, 0.1) is 11.6 Å². The Hall–Kier alpha value is -1.08. The maximum Gasteiger partial charge on any atom is 0.159 e. The average molecular weight is 261 g/mol. The summed E-state index contributed by atoms with van der Waals surface area (Å²) in [5.41, 5.74) is 0.259. The van der Waals surface area contributed by atoms with Crippen LogP contribution >= 0.6 is 0 Å². The van der Waals surface area contributed by atoms with Crippen molar-refractivity contribution < 1.29 is 24.1 Å². The number of halogens is 2. The van der Waals surface area contributed by atoms with Crippen molar-refractivity contribution in [1.29, 1.82) is 0 Å². The number of benzene rings is 1. The first-order valence-electron chi connectivity index (χ1n) is 5.65. The first-order valence-corrected chi connectivity index (χ1v) is 5.65. The molecule has 3 N–H and O–H groups in total. The maximum absolute atomic E-state index is 13.0. The number of hydrogen-bond acceptors (Lipinski definition) is 4. The van der Waals surface area contributed by atoms with Crippen LogP contribution in [0.25, 0.3) is 0 Å². The van der Waals surface area contributed by atoms with Crippen LogP contribution in [-0.2, 0) is 0 Å². The third-order valence-electron chi connectivity index (χ3n) is 2.59. The van der Waals surface area contributed by atoms with Gasteiger partial charge in [-0.2, -0.15) is 0 Å². The van der Waals surface area contributed by atoms with Crippen LogP contribution in [0.15, 0.2) is 18.2 Å². The topological polar surface area (TPSA) is 63.9 Å². The van der Waals surface area contributed by atoms with E-state index in [0.29, 0.717) is 13.1 Å². The number of aliphatic hydroxyl groups is 3. The Kier molecular flexibility index (Phi) is 6.14. The molecule has 1 rings (SSSR count). The van der Waals surface area contributed by atoms with E-state index in [1.807, 2.05) is 0 Å². The molecule has 1 aromatic carbocycles. The Bertz CT molecular complexity index is 370. The lowest BCUT2D eigenvalue weighted by atomic mass is 10.1. The molecule has 0 amide bonds. The van der Waals surface area contributed by atoms with Crippen molar-refractivity contribution in [2.75, 3.05) is 32.8 Å². The van der Waals surface area contributed by atoms with Gasteiger partial charge in [0.2, 0.25) is 0 Å². The highest BCUT2D eigenvalue weighted by atomic mass is 19.2. The van der Waals surface area contributed by atoms with Gasteiger partial charge in [0, 0.05) is 19.6 Å². The molecule has 0 fully saturated rings. The summed E-state index contributed by atoms with van der Waals surface area (Å²) in [5, 5.41) is 27.5. The zero-order chi connectivity index (χ0) is 13.5. The smallest absolute Gasteiger partial charge is 0.159 e. The van der Waals surface area contributed by atoms with Gasteiger partial charge in [-0.15, -0.1) is 0 Å². The van der Waals surface area contributed by atoms with Crippen molar-refractivity contribution in [3.8, 4) is 0 Å². The maximum atomic E-state index is 13.0. The standard InChI is InChI=1S/C12H17F2NO3/c13-10-2-1-9(7-11(10)14)12(18)8-15(3-5-16)4-6-17/h1-2,7,12,16-18H,3-6,8H2. The summed E-state index contributed by atoms with van der Waals surface area (Å²) in [7, 11) is 0. The van der Waals surface area contributed by atoms with Crippen LogP contribution in [0.5, 0.6) is 0 Å². The van der Waals surface area contributed by atoms with Crippen molar-refractivity contribution in [2.45, 2.75) is 6.10 Å². The van der Waals surface area contributed by atoms with Crippen LogP contribution in [0.1, 0.15) is 11.7 Å². The van der Waals surface area contributed by atoms with Gasteiger partial charge in [0.1, 0.15) is 0 Å². The summed E-state index contributed by atoms with van der Waals surface area (Å²) < 4.78 is 25.7. The van der Waals surface area contributed by atoms with Crippen molar-refractivity contribution in [2.24, 2.45) is 0 Å². The van der Waals surface area contributed by atoms with E-state index in [9.17, 15) is 13.9 Å². The molecular weight excluding hydrogens is 244 g/mol. The van der Waals surface area contributed by atoms with Crippen molar-refractivity contribution in [3.63, 3.8) is 0 Å². The van der Waals surface area contributed by atoms with Gasteiger partial charge in [0.25, 0.3) is 0 Å². The highest BCUT2D eigenvalue weighted by Gasteiger charge is 2.14. The van der Waals surface area contributed by atoms with Crippen LogP contribution in [0.3, 0.4) is 0 Å². The van der Waals surface area contributed by atoms with Crippen LogP contribution in [0.2, 0.25) is 0 Å². The molecule has 6 heteroatoms. The number of hydrogen-bond donors (Lipinski definition) is 3. The molecule has 4 nitrogen and oxygen atoms in total. The Balaban J connectivity index is 2.67. The second-order valence-corrected chi connectivity index (χ2v) is 3.94. The van der Waals surface area contributed by atoms with E-state index in [1.165, 1.54) is 6.07 Å². The van der Waals surface area contributed by atoms with Crippen LogP contribution in [-0.4, -0.2) is 53.1 Å². The predicted octanol–water partition coefficient (Wildman–Crippen LogP) is 0.285. The minimum Gasteiger partial charge on any atom is -0.395 e. The summed E-state index contributed by atoms with van der Waals surface area (Å²) in [6.07, 6.45) is -1.00. The van der Waals surface area contributed by atoms with Gasteiger partial charge >= 0.3 is 0 Å². The van der Waals surface area contributed by atoms with E-state index in [-0.39, 0.29) is 25.3 Å². The molecule has 0 heterocycles. The molecule has 18 heavy (non-hydrogen) atoms. The van der Waals surface area contributed by atoms with Crippen molar-refractivity contribution in [3.05, 3.63) is 35.4 Å². The SMILES string of the molecule is OCCN(CCO)CC(O)c1ccc(F)c(F)c1. The summed E-state index contributed by atoms with van der Waals surface area (Å²) in [6, 6.07) is 3.20. The molecule has 1 aromatic rings. The summed E-state index contributed by atoms with van der Waals surface area (Å²) in [5.74, 6) is -1.98. The van der Waals surface area contributed by atoms with E-state index in [2.05, 4.69) is 0 Å². The van der Waals surface area contributed by atoms with Gasteiger partial charge in [-0.1, -0.05) is 6.07 Å². The molecular formula is C12H17F2NO3. The average Bonchev–Trinajstić information content (AvgIpc) is 2.33. The number of aliphatic hydroxyl groups excluding tert-OH is 3. The van der Waals surface area contributed by atoms with E-state index in [1.54, 1.807) is 4.90 Å². The normalized spacial score (nSPS) is 13.0. The molecule has 0 spiro atoms. The molecule has 102 valence electrons. The molecule has 0 bridgehead atoms. The lowest BCUT2D eigenvalue weighted by molar-refractivity contribution is 0.0872. The first-order chi connectivity index (χ1) is 8.58. The van der Waals surface area contributed by atoms with E-state index in [4.69, 9.17) is 10.2 Å². The zero-order valence-electron chi connectivity index (χ0n) is 9.89. The van der Waals surface area contributed by atoms with Crippen LogP contribution in [0.4, 0.5) is 8.78 Å². The lowest BCUT2D eigenvalue weighted by Crippen LogP contribution is -2.33. The molecule has 0 saturated heterocycles. The first kappa shape index (κ1) is 15.0. The zero-order valence-corrected chi connectivity index (χ0v) is 9.89. The van der Waals surface area contributed by atoms with Gasteiger partial charge in [-0.25, -0.2) is 8.78 Å². The molecule has 0 aliphatic carbocycles. The molecule has 0 radical (unpaired) electrons. The number of nitrogens with zero attached hydrogens (tertiary/aromatic N) is 1. The Labute approximate surface area is 104 Å². The highest BCUT2D eigenvalue weighted by molar-refractivity contribution is 5.20. The predicted molar refractivity (Wildman–Crippen MR) is 61.9 cm³/mol. The van der Waals surface area contributed by atoms with Gasteiger partial charge < -0.3 is 15.3 Å². The Morgan fingerprint density at radius 1 is 1.06 bits per heavy atom. The van der Waals surface area contributed by atoms with E-state index in [0.717, 1.165) is 12.1 Å². The monoisotopic (exact) mass is 261 g/mol. The fourth-order valence-electron chi connectivity index (χ4n) is 1.65. The number of rotatable bonds is 7. The minimum absolute atomic E-state index is 0.107. The van der Waals surface area contributed by atoms with Gasteiger partial charge in [0.15, 0.2) is 11.6 Å². The Morgan fingerprint density at radius 2 is 1.67 bits per heavy atom. The molecule has 1 unspecified atom stereocenters. The molecule has 0 aliphatic rings. The van der Waals surface area contributed by atoms with Gasteiger partial charge in [-0.3, -0.25) is 4.90 Å². The molecule has 1 atom stereocenters. The lowest BCUT2D eigenvalue weighted by Gasteiger charge is -2.23. The Morgan fingerprint density at radius 3 is 2.17 bits per heavy atom. The highest BCUT2D eigenvalue weighted by Crippen LogP contribution is 2.17. The second-order valence-electron chi connectivity index (χ2n) is 3.94. The largest absolute Gasteiger partial charge is 0.395 e. The van der Waals surface area contributed by atoms with Crippen LogP contribution < -0.4 is 0 Å². The quantitative estimate of drug-likeness (QED) is 0.660. The third-order valence-corrected chi connectivity index (χ3v) is 2.59. The van der Waals surface area contributed by atoms with E-state index >= 15 is 0 Å². The fourth-order valence-corrected chi connectivity index (χ4v) is 1.65. The summed E-state index contributed by atoms with van der Waals surface area (Å²) >= 11 is 0. The van der Waals surface area contributed by atoms with E-state index < -0.39 is 17.7 Å². The fraction of sp³-hybridized carbons (Fsp3) is 0.500. The van der Waals surface area contributed by atoms with Gasteiger partial charge in [-0.05, 0) is 17.7 Å². The van der Waals surface area contributed by atoms with Gasteiger partial charge in [0.05, 0.1) is 19.3 Å². The summed E-state index contributed by atoms with van der Waals surface area (Å²) in [4.78, 5) is 1.63. The van der Waals surface area contributed by atoms with Crippen molar-refractivity contribution in [1.82, 2.24) is 4.90 Å². The second kappa shape index (κ2) is 7.38.